The maximum Gasteiger partial charge on any atom is 0.0727 e. The number of aromatic nitrogens is 1. The normalized spacial score (nSPS) is 13.8. The van der Waals surface area contributed by atoms with E-state index < -0.39 is 0 Å². The molecule has 18 heavy (non-hydrogen) atoms. The molecule has 0 aliphatic heterocycles. The Morgan fingerprint density at radius 1 is 1.22 bits per heavy atom. The van der Waals surface area contributed by atoms with Gasteiger partial charge in [-0.1, -0.05) is 39.0 Å². The summed E-state index contributed by atoms with van der Waals surface area (Å²) in [7, 11) is 1.99. The lowest BCUT2D eigenvalue weighted by atomic mass is 9.84. The van der Waals surface area contributed by atoms with Crippen molar-refractivity contribution in [2.75, 3.05) is 7.05 Å². The van der Waals surface area contributed by atoms with Gasteiger partial charge in [0.2, 0.25) is 0 Å². The van der Waals surface area contributed by atoms with Crippen molar-refractivity contribution in [3.8, 4) is 0 Å². The molecule has 2 nitrogen and oxygen atoms in total. The van der Waals surface area contributed by atoms with Crippen LogP contribution in [-0.4, -0.2) is 12.0 Å². The van der Waals surface area contributed by atoms with E-state index in [-0.39, 0.29) is 11.5 Å². The summed E-state index contributed by atoms with van der Waals surface area (Å²) in [4.78, 5) is 4.80. The molecule has 0 amide bonds. The van der Waals surface area contributed by atoms with Gasteiger partial charge in [-0.2, -0.15) is 0 Å². The van der Waals surface area contributed by atoms with Crippen LogP contribution >= 0.6 is 15.9 Å². The Hall–Kier alpha value is -0.930. The van der Waals surface area contributed by atoms with E-state index in [1.165, 1.54) is 0 Å². The van der Waals surface area contributed by atoms with Crippen LogP contribution < -0.4 is 5.32 Å². The SMILES string of the molecule is CNC(c1nc2ccccc2cc1Br)C(C)(C)C. The predicted molar refractivity (Wildman–Crippen MR) is 80.7 cm³/mol. The molecule has 1 heterocycles. The van der Waals surface area contributed by atoms with Crippen LogP contribution in [0.25, 0.3) is 10.9 Å². The maximum atomic E-state index is 4.80. The molecule has 3 heteroatoms. The number of benzene rings is 1. The predicted octanol–water partition coefficient (Wildman–Crippen LogP) is 4.30. The van der Waals surface area contributed by atoms with Crippen LogP contribution in [0.5, 0.6) is 0 Å². The van der Waals surface area contributed by atoms with Gasteiger partial charge in [0, 0.05) is 9.86 Å². The van der Waals surface area contributed by atoms with Crippen LogP contribution in [-0.2, 0) is 0 Å². The summed E-state index contributed by atoms with van der Waals surface area (Å²) in [5, 5.41) is 4.54. The van der Waals surface area contributed by atoms with E-state index in [1.807, 2.05) is 19.2 Å². The number of nitrogens with zero attached hydrogens (tertiary/aromatic N) is 1. The molecule has 0 saturated carbocycles. The highest BCUT2D eigenvalue weighted by molar-refractivity contribution is 9.10. The Balaban J connectivity index is 2.59. The average Bonchev–Trinajstić information content (AvgIpc) is 2.29. The summed E-state index contributed by atoms with van der Waals surface area (Å²) in [5.41, 5.74) is 2.23. The third-order valence-electron chi connectivity index (χ3n) is 3.13. The molecule has 1 aromatic heterocycles. The van der Waals surface area contributed by atoms with Gasteiger partial charge in [0.15, 0.2) is 0 Å². The van der Waals surface area contributed by atoms with Gasteiger partial charge in [0.25, 0.3) is 0 Å². The Morgan fingerprint density at radius 3 is 2.50 bits per heavy atom. The first-order valence-corrected chi connectivity index (χ1v) is 6.95. The quantitative estimate of drug-likeness (QED) is 0.894. The molecule has 0 fully saturated rings. The van der Waals surface area contributed by atoms with Crippen molar-refractivity contribution >= 4 is 26.8 Å². The van der Waals surface area contributed by atoms with Crippen LogP contribution in [0.3, 0.4) is 0 Å². The van der Waals surface area contributed by atoms with Gasteiger partial charge in [-0.15, -0.1) is 0 Å². The molecule has 1 unspecified atom stereocenters. The minimum Gasteiger partial charge on any atom is -0.311 e. The molecular weight excluding hydrogens is 288 g/mol. The van der Waals surface area contributed by atoms with Crippen molar-refractivity contribution in [3.05, 3.63) is 40.5 Å². The number of hydrogen-bond acceptors (Lipinski definition) is 2. The van der Waals surface area contributed by atoms with Gasteiger partial charge < -0.3 is 5.32 Å². The first kappa shape index (κ1) is 13.5. The standard InChI is InChI=1S/C15H19BrN2/c1-15(2,3)14(17-4)13-11(16)9-10-7-5-6-8-12(10)18-13/h5-9,14,17H,1-4H3. The van der Waals surface area contributed by atoms with E-state index in [2.05, 4.69) is 60.2 Å². The van der Waals surface area contributed by atoms with Crippen molar-refractivity contribution in [1.82, 2.24) is 10.3 Å². The fraction of sp³-hybridized carbons (Fsp3) is 0.400. The van der Waals surface area contributed by atoms with E-state index in [0.29, 0.717) is 0 Å². The molecule has 1 aromatic carbocycles. The zero-order chi connectivity index (χ0) is 13.3. The Bertz CT molecular complexity index is 558. The number of rotatable bonds is 2. The van der Waals surface area contributed by atoms with Crippen LogP contribution in [0.2, 0.25) is 0 Å². The first-order chi connectivity index (χ1) is 8.43. The fourth-order valence-corrected chi connectivity index (χ4v) is 2.85. The molecule has 1 N–H and O–H groups in total. The lowest BCUT2D eigenvalue weighted by Gasteiger charge is -2.30. The monoisotopic (exact) mass is 306 g/mol. The van der Waals surface area contributed by atoms with Gasteiger partial charge in [-0.25, -0.2) is 4.98 Å². The largest absolute Gasteiger partial charge is 0.311 e. The second-order valence-corrected chi connectivity index (χ2v) is 6.49. The lowest BCUT2D eigenvalue weighted by molar-refractivity contribution is 0.281. The van der Waals surface area contributed by atoms with Crippen LogP contribution in [0.4, 0.5) is 0 Å². The van der Waals surface area contributed by atoms with E-state index in [4.69, 9.17) is 4.98 Å². The molecular formula is C15H19BrN2. The van der Waals surface area contributed by atoms with Crippen LogP contribution in [0, 0.1) is 5.41 Å². The minimum absolute atomic E-state index is 0.118. The molecule has 0 spiro atoms. The van der Waals surface area contributed by atoms with E-state index in [1.54, 1.807) is 0 Å². The molecule has 2 aromatic rings. The smallest absolute Gasteiger partial charge is 0.0727 e. The first-order valence-electron chi connectivity index (χ1n) is 6.16. The highest BCUT2D eigenvalue weighted by atomic mass is 79.9. The van der Waals surface area contributed by atoms with Crippen molar-refractivity contribution in [2.45, 2.75) is 26.8 Å². The summed E-state index contributed by atoms with van der Waals surface area (Å²) in [6.07, 6.45) is 0. The highest BCUT2D eigenvalue weighted by Crippen LogP contribution is 2.36. The third-order valence-corrected chi connectivity index (χ3v) is 3.77. The Kier molecular flexibility index (Phi) is 3.74. The van der Waals surface area contributed by atoms with E-state index in [9.17, 15) is 0 Å². The molecule has 1 atom stereocenters. The lowest BCUT2D eigenvalue weighted by Crippen LogP contribution is -2.30. The summed E-state index contributed by atoms with van der Waals surface area (Å²) < 4.78 is 1.07. The van der Waals surface area contributed by atoms with Crippen molar-refractivity contribution in [3.63, 3.8) is 0 Å². The fourth-order valence-electron chi connectivity index (χ4n) is 2.29. The summed E-state index contributed by atoms with van der Waals surface area (Å²) in [5.74, 6) is 0. The number of para-hydroxylation sites is 1. The van der Waals surface area contributed by atoms with Gasteiger partial charge in [0.1, 0.15) is 0 Å². The summed E-state index contributed by atoms with van der Waals surface area (Å²) in [6, 6.07) is 10.6. The van der Waals surface area contributed by atoms with Gasteiger partial charge in [-0.05, 0) is 40.5 Å². The molecule has 0 saturated heterocycles. The number of nitrogens with one attached hydrogen (secondary N) is 1. The number of pyridine rings is 1. The van der Waals surface area contributed by atoms with Crippen LogP contribution in [0.15, 0.2) is 34.8 Å². The minimum atomic E-state index is 0.118. The third kappa shape index (κ3) is 2.57. The van der Waals surface area contributed by atoms with Gasteiger partial charge >= 0.3 is 0 Å². The molecule has 0 bridgehead atoms. The topological polar surface area (TPSA) is 24.9 Å². The molecule has 0 radical (unpaired) electrons. The van der Waals surface area contributed by atoms with Crippen LogP contribution in [0.1, 0.15) is 32.5 Å². The zero-order valence-corrected chi connectivity index (χ0v) is 12.9. The maximum absolute atomic E-state index is 4.80. The van der Waals surface area contributed by atoms with Crippen molar-refractivity contribution < 1.29 is 0 Å². The highest BCUT2D eigenvalue weighted by Gasteiger charge is 2.27. The number of hydrogen-bond donors (Lipinski definition) is 1. The zero-order valence-electron chi connectivity index (χ0n) is 11.3. The van der Waals surface area contributed by atoms with Gasteiger partial charge in [-0.3, -0.25) is 0 Å². The van der Waals surface area contributed by atoms with E-state index >= 15 is 0 Å². The molecule has 2 rings (SSSR count). The molecule has 96 valence electrons. The number of halogens is 1. The molecule has 0 aliphatic carbocycles. The second kappa shape index (κ2) is 4.98. The average molecular weight is 307 g/mol. The van der Waals surface area contributed by atoms with Crippen molar-refractivity contribution in [1.29, 1.82) is 0 Å². The van der Waals surface area contributed by atoms with Gasteiger partial charge in [0.05, 0.1) is 17.3 Å². The summed E-state index contributed by atoms with van der Waals surface area (Å²) >= 11 is 3.65. The Morgan fingerprint density at radius 2 is 1.89 bits per heavy atom. The number of fused-ring (bicyclic) bond motifs is 1. The van der Waals surface area contributed by atoms with Crippen molar-refractivity contribution in [2.24, 2.45) is 5.41 Å². The second-order valence-electron chi connectivity index (χ2n) is 5.64. The molecule has 0 aliphatic rings. The van der Waals surface area contributed by atoms with E-state index in [0.717, 1.165) is 21.1 Å². The Labute approximate surface area is 117 Å². The summed E-state index contributed by atoms with van der Waals surface area (Å²) in [6.45, 7) is 6.66.